The second-order valence-electron chi connectivity index (χ2n) is 24.9. The summed E-state index contributed by atoms with van der Waals surface area (Å²) in [4.78, 5) is 24.6. The van der Waals surface area contributed by atoms with Gasteiger partial charge in [-0.15, -0.1) is 0 Å². The number of nitrogens with one attached hydrogen (secondary N) is 1. The van der Waals surface area contributed by atoms with Crippen LogP contribution in [0.3, 0.4) is 0 Å². The smallest absolute Gasteiger partial charge is 0.305 e. The first-order valence-corrected chi connectivity index (χ1v) is 36.1. The molecule has 0 aliphatic carbocycles. The summed E-state index contributed by atoms with van der Waals surface area (Å²) in [6.45, 7) is 4.95. The Labute approximate surface area is 494 Å². The first-order chi connectivity index (χ1) is 39.0. The van der Waals surface area contributed by atoms with Crippen LogP contribution in [0.4, 0.5) is 0 Å². The number of ether oxygens (including phenoxy) is 1. The molecule has 3 N–H and O–H groups in total. The number of esters is 1. The number of amides is 1. The molecule has 0 radical (unpaired) electrons. The first-order valence-electron chi connectivity index (χ1n) is 36.1. The van der Waals surface area contributed by atoms with E-state index in [4.69, 9.17) is 4.74 Å². The highest BCUT2D eigenvalue weighted by molar-refractivity contribution is 5.76. The topological polar surface area (TPSA) is 95.9 Å². The predicted octanol–water partition coefficient (Wildman–Crippen LogP) is 23.3. The van der Waals surface area contributed by atoms with Crippen LogP contribution in [0.5, 0.6) is 0 Å². The molecule has 79 heavy (non-hydrogen) atoms. The molecule has 0 aromatic heterocycles. The molecule has 0 aliphatic rings. The molecule has 1 amide bonds. The van der Waals surface area contributed by atoms with Crippen LogP contribution in [0.2, 0.25) is 0 Å². The molecule has 0 aromatic rings. The Balaban J connectivity index is 3.36. The zero-order valence-electron chi connectivity index (χ0n) is 53.6. The van der Waals surface area contributed by atoms with E-state index in [0.717, 1.165) is 51.4 Å². The van der Waals surface area contributed by atoms with Gasteiger partial charge in [0, 0.05) is 12.8 Å². The van der Waals surface area contributed by atoms with Gasteiger partial charge in [-0.1, -0.05) is 366 Å². The number of aliphatic hydroxyl groups is 2. The fraction of sp³-hybridized carbons (Fsp3) is 0.918. The van der Waals surface area contributed by atoms with Gasteiger partial charge in [0.1, 0.15) is 0 Å². The van der Waals surface area contributed by atoms with Crippen LogP contribution >= 0.6 is 0 Å². The number of allylic oxidation sites excluding steroid dienone is 4. The summed E-state index contributed by atoms with van der Waals surface area (Å²) in [6, 6.07) is -0.541. The van der Waals surface area contributed by atoms with Crippen LogP contribution in [0.25, 0.3) is 0 Å². The fourth-order valence-electron chi connectivity index (χ4n) is 11.5. The summed E-state index contributed by atoms with van der Waals surface area (Å²) in [5.41, 5.74) is 0. The van der Waals surface area contributed by atoms with Crippen LogP contribution in [-0.2, 0) is 14.3 Å². The quantitative estimate of drug-likeness (QED) is 0.0320. The van der Waals surface area contributed by atoms with Crippen LogP contribution in [-0.4, -0.2) is 47.4 Å². The highest BCUT2D eigenvalue weighted by atomic mass is 16.5. The van der Waals surface area contributed by atoms with Gasteiger partial charge in [-0.3, -0.25) is 9.59 Å². The van der Waals surface area contributed by atoms with Gasteiger partial charge in [-0.25, -0.2) is 0 Å². The van der Waals surface area contributed by atoms with Gasteiger partial charge in [0.2, 0.25) is 5.91 Å². The average Bonchev–Trinajstić information content (AvgIpc) is 3.45. The second-order valence-corrected chi connectivity index (χ2v) is 24.9. The lowest BCUT2D eigenvalue weighted by Crippen LogP contribution is -2.45. The molecule has 0 aliphatic heterocycles. The second kappa shape index (κ2) is 68.8. The van der Waals surface area contributed by atoms with Crippen molar-refractivity contribution >= 4 is 11.9 Å². The third-order valence-corrected chi connectivity index (χ3v) is 17.0. The summed E-state index contributed by atoms with van der Waals surface area (Å²) >= 11 is 0. The van der Waals surface area contributed by atoms with E-state index in [0.29, 0.717) is 25.9 Å². The molecule has 0 aromatic carbocycles. The van der Waals surface area contributed by atoms with Crippen LogP contribution in [0.1, 0.15) is 406 Å². The molecule has 2 unspecified atom stereocenters. The van der Waals surface area contributed by atoms with Crippen molar-refractivity contribution in [3.05, 3.63) is 24.3 Å². The minimum atomic E-state index is -0.664. The van der Waals surface area contributed by atoms with Gasteiger partial charge in [0.15, 0.2) is 0 Å². The van der Waals surface area contributed by atoms with Gasteiger partial charge >= 0.3 is 5.97 Å². The largest absolute Gasteiger partial charge is 0.466 e. The first kappa shape index (κ1) is 77.3. The lowest BCUT2D eigenvalue weighted by atomic mass is 10.0. The van der Waals surface area contributed by atoms with Crippen LogP contribution in [0.15, 0.2) is 24.3 Å². The van der Waals surface area contributed by atoms with Gasteiger partial charge in [0.05, 0.1) is 25.4 Å². The zero-order chi connectivity index (χ0) is 57.1. The lowest BCUT2D eigenvalue weighted by Gasteiger charge is -2.22. The minimum Gasteiger partial charge on any atom is -0.466 e. The van der Waals surface area contributed by atoms with Crippen molar-refractivity contribution < 1.29 is 24.5 Å². The third kappa shape index (κ3) is 65.4. The molecule has 0 heterocycles. The maximum atomic E-state index is 12.6. The Hall–Kier alpha value is -1.66. The van der Waals surface area contributed by atoms with Crippen molar-refractivity contribution in [3.8, 4) is 0 Å². The molecule has 2 atom stereocenters. The summed E-state index contributed by atoms with van der Waals surface area (Å²) in [7, 11) is 0. The molecule has 0 spiro atoms. The lowest BCUT2D eigenvalue weighted by molar-refractivity contribution is -0.143. The van der Waals surface area contributed by atoms with E-state index in [9.17, 15) is 19.8 Å². The van der Waals surface area contributed by atoms with Crippen molar-refractivity contribution in [2.75, 3.05) is 13.2 Å². The van der Waals surface area contributed by atoms with E-state index in [-0.39, 0.29) is 18.5 Å². The number of hydrogen-bond acceptors (Lipinski definition) is 5. The summed E-state index contributed by atoms with van der Waals surface area (Å²) in [6.07, 6.45) is 86.6. The van der Waals surface area contributed by atoms with E-state index < -0.39 is 12.1 Å². The summed E-state index contributed by atoms with van der Waals surface area (Å²) < 4.78 is 5.48. The molecule has 6 heteroatoms. The Bertz CT molecular complexity index is 1230. The molecule has 0 saturated carbocycles. The number of unbranched alkanes of at least 4 members (excludes halogenated alkanes) is 53. The Morgan fingerprint density at radius 1 is 0.354 bits per heavy atom. The SMILES string of the molecule is CCCC/C=C\C/C=C\CCCCCCCC(=O)OCCCCCCCCCCCCCCCCCCCCCCCCCCCCC(=O)NC(CO)C(O)CCCCCCCCCCCCCCCCCCCCCCCC. The number of carbonyl (C=O) groups excluding carboxylic acids is 2. The maximum Gasteiger partial charge on any atom is 0.305 e. The maximum absolute atomic E-state index is 12.6. The van der Waals surface area contributed by atoms with Crippen molar-refractivity contribution in [1.29, 1.82) is 0 Å². The van der Waals surface area contributed by atoms with Gasteiger partial charge in [-0.05, 0) is 51.4 Å². The Morgan fingerprint density at radius 3 is 1.00 bits per heavy atom. The predicted molar refractivity (Wildman–Crippen MR) is 347 cm³/mol. The number of carbonyl (C=O) groups is 2. The molecule has 0 saturated heterocycles. The minimum absolute atomic E-state index is 0.00347. The number of hydrogen-bond donors (Lipinski definition) is 3. The van der Waals surface area contributed by atoms with Crippen LogP contribution < -0.4 is 5.32 Å². The molecular weight excluding hydrogens is 971 g/mol. The number of aliphatic hydroxyl groups excluding tert-OH is 2. The summed E-state index contributed by atoms with van der Waals surface area (Å²) in [5, 5.41) is 23.4. The van der Waals surface area contributed by atoms with Gasteiger partial charge < -0.3 is 20.3 Å². The Morgan fingerprint density at radius 2 is 0.646 bits per heavy atom. The van der Waals surface area contributed by atoms with Gasteiger partial charge in [0.25, 0.3) is 0 Å². The molecular formula is C73H141NO5. The van der Waals surface area contributed by atoms with E-state index in [1.54, 1.807) is 0 Å². The fourth-order valence-corrected chi connectivity index (χ4v) is 11.5. The Kier molecular flexibility index (Phi) is 67.4. The highest BCUT2D eigenvalue weighted by Crippen LogP contribution is 2.19. The number of rotatable bonds is 68. The normalized spacial score (nSPS) is 12.6. The standard InChI is InChI=1S/C73H141NO5/c1-3-5-7-9-11-13-15-17-19-20-21-22-29-32-35-38-41-45-49-53-57-61-65-71(76)70(69-75)74-72(77)66-62-58-54-50-46-42-39-36-33-30-27-25-23-24-26-28-31-34-37-40-44-48-52-56-60-64-68-79-73(78)67-63-59-55-51-47-43-18-16-14-12-10-8-6-4-2/h10,12,16,18,70-71,75-76H,3-9,11,13-15,17,19-69H2,1-2H3,(H,74,77)/b12-10-,18-16-. The molecule has 6 nitrogen and oxygen atoms in total. The van der Waals surface area contributed by atoms with E-state index in [1.807, 2.05) is 0 Å². The average molecular weight is 1110 g/mol. The molecule has 0 bridgehead atoms. The molecule has 468 valence electrons. The molecule has 0 rings (SSSR count). The van der Waals surface area contributed by atoms with E-state index in [2.05, 4.69) is 43.5 Å². The van der Waals surface area contributed by atoms with Crippen molar-refractivity contribution in [2.24, 2.45) is 0 Å². The van der Waals surface area contributed by atoms with Crippen molar-refractivity contribution in [3.63, 3.8) is 0 Å². The highest BCUT2D eigenvalue weighted by Gasteiger charge is 2.20. The summed E-state index contributed by atoms with van der Waals surface area (Å²) in [5.74, 6) is -0.0246. The monoisotopic (exact) mass is 1110 g/mol. The molecule has 0 fully saturated rings. The van der Waals surface area contributed by atoms with Crippen molar-refractivity contribution in [1.82, 2.24) is 5.32 Å². The van der Waals surface area contributed by atoms with E-state index in [1.165, 1.54) is 321 Å². The van der Waals surface area contributed by atoms with Crippen LogP contribution in [0, 0.1) is 0 Å². The van der Waals surface area contributed by atoms with Gasteiger partial charge in [-0.2, -0.15) is 0 Å². The zero-order valence-corrected chi connectivity index (χ0v) is 53.6. The van der Waals surface area contributed by atoms with E-state index >= 15 is 0 Å². The van der Waals surface area contributed by atoms with Crippen molar-refractivity contribution in [2.45, 2.75) is 418 Å². The third-order valence-electron chi connectivity index (χ3n) is 17.0.